The maximum atomic E-state index is 11.5. The number of carbonyl (C=O) groups is 1. The predicted octanol–water partition coefficient (Wildman–Crippen LogP) is 3.44. The zero-order valence-electron chi connectivity index (χ0n) is 11.9. The fraction of sp³-hybridized carbons (Fsp3) is 0.250. The van der Waals surface area contributed by atoms with Crippen LogP contribution in [0.25, 0.3) is 11.1 Å². The van der Waals surface area contributed by atoms with Gasteiger partial charge < -0.3 is 5.32 Å². The monoisotopic (exact) mass is 256 g/mol. The molecule has 1 heterocycles. The van der Waals surface area contributed by atoms with Crippen molar-refractivity contribution in [2.24, 2.45) is 0 Å². The summed E-state index contributed by atoms with van der Waals surface area (Å²) in [5.41, 5.74) is 3.73. The van der Waals surface area contributed by atoms with Gasteiger partial charge in [-0.15, -0.1) is 0 Å². The van der Waals surface area contributed by atoms with E-state index in [1.165, 1.54) is 5.56 Å². The lowest BCUT2D eigenvalue weighted by Gasteiger charge is -2.04. The number of rotatable bonds is 2. The molecular weight excluding hydrogens is 236 g/mol. The molecule has 1 aromatic carbocycles. The van der Waals surface area contributed by atoms with Crippen LogP contribution in [0, 0.1) is 6.92 Å². The molecule has 100 valence electrons. The highest BCUT2D eigenvalue weighted by molar-refractivity contribution is 5.93. The molecule has 0 aliphatic rings. The van der Waals surface area contributed by atoms with Crippen molar-refractivity contribution >= 4 is 5.91 Å². The maximum absolute atomic E-state index is 11.5. The summed E-state index contributed by atoms with van der Waals surface area (Å²) in [6.07, 6.45) is 1.66. The van der Waals surface area contributed by atoms with Crippen LogP contribution in [0.1, 0.15) is 29.9 Å². The Labute approximate surface area is 114 Å². The molecule has 2 rings (SSSR count). The third-order valence-corrected chi connectivity index (χ3v) is 2.57. The van der Waals surface area contributed by atoms with Gasteiger partial charge in [0.15, 0.2) is 0 Å². The van der Waals surface area contributed by atoms with Crippen molar-refractivity contribution in [3.63, 3.8) is 0 Å². The van der Waals surface area contributed by atoms with E-state index < -0.39 is 0 Å². The van der Waals surface area contributed by atoms with Gasteiger partial charge in [-0.1, -0.05) is 43.7 Å². The summed E-state index contributed by atoms with van der Waals surface area (Å²) < 4.78 is 0. The first-order valence-electron chi connectivity index (χ1n) is 6.46. The summed E-state index contributed by atoms with van der Waals surface area (Å²) in [5.74, 6) is -0.167. The number of nitrogens with one attached hydrogen (secondary N) is 1. The quantitative estimate of drug-likeness (QED) is 0.894. The summed E-state index contributed by atoms with van der Waals surface area (Å²) in [7, 11) is 1.60. The molecule has 0 radical (unpaired) electrons. The summed E-state index contributed by atoms with van der Waals surface area (Å²) in [5, 5.41) is 2.57. The fourth-order valence-corrected chi connectivity index (χ4v) is 1.69. The lowest BCUT2D eigenvalue weighted by atomic mass is 10.0. The Morgan fingerprint density at radius 1 is 1.11 bits per heavy atom. The van der Waals surface area contributed by atoms with E-state index in [2.05, 4.69) is 16.4 Å². The molecule has 1 N–H and O–H groups in total. The van der Waals surface area contributed by atoms with Gasteiger partial charge in [-0.05, 0) is 30.2 Å². The van der Waals surface area contributed by atoms with Gasteiger partial charge in [0.2, 0.25) is 0 Å². The van der Waals surface area contributed by atoms with Gasteiger partial charge in [0, 0.05) is 13.2 Å². The van der Waals surface area contributed by atoms with Gasteiger partial charge in [0.25, 0.3) is 5.91 Å². The van der Waals surface area contributed by atoms with E-state index in [9.17, 15) is 4.79 Å². The molecule has 0 aliphatic carbocycles. The second-order valence-electron chi connectivity index (χ2n) is 3.88. The molecule has 0 aliphatic heterocycles. The first-order chi connectivity index (χ1) is 9.20. The third kappa shape index (κ3) is 3.91. The molecule has 0 saturated heterocycles. The molecule has 0 unspecified atom stereocenters. The molecule has 0 saturated carbocycles. The number of aryl methyl sites for hydroxylation is 1. The third-order valence-electron chi connectivity index (χ3n) is 2.57. The number of benzene rings is 1. The van der Waals surface area contributed by atoms with Crippen molar-refractivity contribution in [2.45, 2.75) is 20.8 Å². The summed E-state index contributed by atoms with van der Waals surface area (Å²) in [6, 6.07) is 11.9. The largest absolute Gasteiger partial charge is 0.354 e. The van der Waals surface area contributed by atoms with Gasteiger partial charge in [-0.3, -0.25) is 9.78 Å². The van der Waals surface area contributed by atoms with Crippen LogP contribution in [-0.4, -0.2) is 17.9 Å². The number of hydrogen-bond acceptors (Lipinski definition) is 2. The second-order valence-corrected chi connectivity index (χ2v) is 3.88. The number of pyridine rings is 1. The topological polar surface area (TPSA) is 42.0 Å². The van der Waals surface area contributed by atoms with Gasteiger partial charge in [-0.2, -0.15) is 0 Å². The Hall–Kier alpha value is -2.16. The molecule has 1 aromatic heterocycles. The lowest BCUT2D eigenvalue weighted by Crippen LogP contribution is -2.19. The van der Waals surface area contributed by atoms with E-state index in [-0.39, 0.29) is 5.91 Å². The molecule has 0 atom stereocenters. The maximum Gasteiger partial charge on any atom is 0.269 e. The normalized spacial score (nSPS) is 9.26. The van der Waals surface area contributed by atoms with Gasteiger partial charge in [0.05, 0.1) is 0 Å². The predicted molar refractivity (Wildman–Crippen MR) is 79.1 cm³/mol. The van der Waals surface area contributed by atoms with Crippen molar-refractivity contribution < 1.29 is 4.79 Å². The average Bonchev–Trinajstić information content (AvgIpc) is 2.48. The van der Waals surface area contributed by atoms with Gasteiger partial charge in [-0.25, -0.2) is 0 Å². The molecule has 1 amide bonds. The van der Waals surface area contributed by atoms with Crippen molar-refractivity contribution in [1.82, 2.24) is 10.3 Å². The lowest BCUT2D eigenvalue weighted by molar-refractivity contribution is 0.0958. The van der Waals surface area contributed by atoms with E-state index >= 15 is 0 Å². The van der Waals surface area contributed by atoms with Crippen LogP contribution in [-0.2, 0) is 0 Å². The van der Waals surface area contributed by atoms with Crippen LogP contribution in [0.2, 0.25) is 0 Å². The highest BCUT2D eigenvalue weighted by atomic mass is 16.1. The Bertz CT molecular complexity index is 550. The summed E-state index contributed by atoms with van der Waals surface area (Å²) >= 11 is 0. The Kier molecular flexibility index (Phi) is 5.73. The first-order valence-corrected chi connectivity index (χ1v) is 6.46. The minimum Gasteiger partial charge on any atom is -0.354 e. The second kappa shape index (κ2) is 7.31. The molecule has 3 nitrogen and oxygen atoms in total. The van der Waals surface area contributed by atoms with E-state index in [1.807, 2.05) is 45.0 Å². The van der Waals surface area contributed by atoms with E-state index in [1.54, 1.807) is 19.3 Å². The van der Waals surface area contributed by atoms with Crippen LogP contribution in [0.4, 0.5) is 0 Å². The van der Waals surface area contributed by atoms with Crippen LogP contribution in [0.15, 0.2) is 42.6 Å². The SMILES string of the molecule is CC.CNC(=O)c1cc(-c2cccc(C)c2)ccn1. The van der Waals surface area contributed by atoms with Gasteiger partial charge in [0.1, 0.15) is 5.69 Å². The Balaban J connectivity index is 0.000000861. The molecule has 0 bridgehead atoms. The van der Waals surface area contributed by atoms with Crippen molar-refractivity contribution in [1.29, 1.82) is 0 Å². The number of hydrogen-bond donors (Lipinski definition) is 1. The fourth-order valence-electron chi connectivity index (χ4n) is 1.69. The summed E-state index contributed by atoms with van der Waals surface area (Å²) in [6.45, 7) is 6.05. The van der Waals surface area contributed by atoms with Crippen LogP contribution < -0.4 is 5.32 Å². The number of aromatic nitrogens is 1. The first kappa shape index (κ1) is 14.9. The van der Waals surface area contributed by atoms with Crippen molar-refractivity contribution in [2.75, 3.05) is 7.05 Å². The molecule has 19 heavy (non-hydrogen) atoms. The molecule has 2 aromatic rings. The van der Waals surface area contributed by atoms with Crippen LogP contribution in [0.3, 0.4) is 0 Å². The number of nitrogens with zero attached hydrogens (tertiary/aromatic N) is 1. The van der Waals surface area contributed by atoms with Crippen LogP contribution in [0.5, 0.6) is 0 Å². The van der Waals surface area contributed by atoms with E-state index in [0.717, 1.165) is 11.1 Å². The van der Waals surface area contributed by atoms with Crippen molar-refractivity contribution in [3.05, 3.63) is 53.9 Å². The van der Waals surface area contributed by atoms with Gasteiger partial charge >= 0.3 is 0 Å². The average molecular weight is 256 g/mol. The number of carbonyl (C=O) groups excluding carboxylic acids is 1. The zero-order valence-corrected chi connectivity index (χ0v) is 11.9. The van der Waals surface area contributed by atoms with Crippen LogP contribution >= 0.6 is 0 Å². The molecule has 0 fully saturated rings. The molecule has 3 heteroatoms. The Morgan fingerprint density at radius 2 is 1.79 bits per heavy atom. The highest BCUT2D eigenvalue weighted by Gasteiger charge is 2.06. The minimum absolute atomic E-state index is 0.167. The van der Waals surface area contributed by atoms with E-state index in [4.69, 9.17) is 0 Å². The molecule has 0 spiro atoms. The number of amides is 1. The molecular formula is C16H20N2O. The van der Waals surface area contributed by atoms with Crippen molar-refractivity contribution in [3.8, 4) is 11.1 Å². The smallest absolute Gasteiger partial charge is 0.269 e. The Morgan fingerprint density at radius 3 is 2.42 bits per heavy atom. The standard InChI is InChI=1S/C14H14N2O.C2H6/c1-10-4-3-5-11(8-10)12-6-7-16-13(9-12)14(17)15-2;1-2/h3-9H,1-2H3,(H,15,17);1-2H3. The van der Waals surface area contributed by atoms with E-state index in [0.29, 0.717) is 5.69 Å². The highest BCUT2D eigenvalue weighted by Crippen LogP contribution is 2.20. The minimum atomic E-state index is -0.167. The summed E-state index contributed by atoms with van der Waals surface area (Å²) in [4.78, 5) is 15.5. The zero-order chi connectivity index (χ0) is 14.3.